The average Bonchev–Trinajstić information content (AvgIpc) is 2.97. The Morgan fingerprint density at radius 3 is 2.71 bits per heavy atom. The molecule has 5 heteroatoms. The van der Waals surface area contributed by atoms with E-state index >= 15 is 0 Å². The molecule has 21 heavy (non-hydrogen) atoms. The molecule has 3 nitrogen and oxygen atoms in total. The molecular formula is C16H13BrN2OS. The second-order valence-corrected chi connectivity index (χ2v) is 6.19. The van der Waals surface area contributed by atoms with E-state index in [4.69, 9.17) is 10.5 Å². The minimum absolute atomic E-state index is 0.741. The number of ether oxygens (including phenoxy) is 1. The molecule has 2 aromatic carbocycles. The van der Waals surface area contributed by atoms with Crippen LogP contribution in [0, 0.1) is 0 Å². The van der Waals surface area contributed by atoms with Gasteiger partial charge in [-0.1, -0.05) is 18.2 Å². The summed E-state index contributed by atoms with van der Waals surface area (Å²) in [6, 6.07) is 13.7. The summed E-state index contributed by atoms with van der Waals surface area (Å²) in [5.74, 6) is 0.808. The van der Waals surface area contributed by atoms with Gasteiger partial charge in [0, 0.05) is 22.2 Å². The molecule has 0 unspecified atom stereocenters. The van der Waals surface area contributed by atoms with Crippen LogP contribution in [0.3, 0.4) is 0 Å². The van der Waals surface area contributed by atoms with E-state index in [1.807, 2.05) is 47.8 Å². The Bertz CT molecular complexity index is 785. The number of rotatable bonds is 3. The van der Waals surface area contributed by atoms with E-state index in [-0.39, 0.29) is 0 Å². The van der Waals surface area contributed by atoms with Gasteiger partial charge in [0.25, 0.3) is 0 Å². The second kappa shape index (κ2) is 5.87. The van der Waals surface area contributed by atoms with Crippen molar-refractivity contribution in [2.45, 2.75) is 0 Å². The van der Waals surface area contributed by atoms with Crippen LogP contribution in [0.2, 0.25) is 0 Å². The first-order valence-corrected chi connectivity index (χ1v) is 8.00. The molecule has 2 N–H and O–H groups in total. The fourth-order valence-electron chi connectivity index (χ4n) is 2.06. The number of nitrogens with zero attached hydrogens (tertiary/aromatic N) is 1. The molecule has 0 amide bonds. The maximum absolute atomic E-state index is 6.00. The SMILES string of the molecule is COc1ccc(-c2nc(-c3ccccc3N)cs2)cc1Br. The van der Waals surface area contributed by atoms with Crippen LogP contribution in [0.1, 0.15) is 0 Å². The third-order valence-corrected chi connectivity index (χ3v) is 4.65. The van der Waals surface area contributed by atoms with Gasteiger partial charge in [0.05, 0.1) is 17.3 Å². The molecule has 0 fully saturated rings. The van der Waals surface area contributed by atoms with Gasteiger partial charge in [-0.05, 0) is 40.2 Å². The maximum Gasteiger partial charge on any atom is 0.133 e. The first kappa shape index (κ1) is 14.1. The molecule has 0 saturated carbocycles. The summed E-state index contributed by atoms with van der Waals surface area (Å²) < 4.78 is 6.16. The molecule has 0 bridgehead atoms. The predicted octanol–water partition coefficient (Wildman–Crippen LogP) is 4.83. The van der Waals surface area contributed by atoms with Crippen molar-refractivity contribution in [1.82, 2.24) is 4.98 Å². The summed E-state index contributed by atoms with van der Waals surface area (Å²) in [4.78, 5) is 4.69. The number of nitrogens with two attached hydrogens (primary N) is 1. The Kier molecular flexibility index (Phi) is 3.94. The Hall–Kier alpha value is -1.85. The molecule has 106 valence electrons. The van der Waals surface area contributed by atoms with Gasteiger partial charge in [0.1, 0.15) is 10.8 Å². The Balaban J connectivity index is 1.99. The lowest BCUT2D eigenvalue weighted by atomic mass is 10.1. The largest absolute Gasteiger partial charge is 0.496 e. The topological polar surface area (TPSA) is 48.1 Å². The van der Waals surface area contributed by atoms with Crippen LogP contribution in [0.25, 0.3) is 21.8 Å². The lowest BCUT2D eigenvalue weighted by Crippen LogP contribution is -1.89. The maximum atomic E-state index is 6.00. The van der Waals surface area contributed by atoms with Crippen molar-refractivity contribution < 1.29 is 4.74 Å². The van der Waals surface area contributed by atoms with Gasteiger partial charge in [-0.2, -0.15) is 0 Å². The van der Waals surface area contributed by atoms with E-state index in [0.717, 1.165) is 37.7 Å². The zero-order chi connectivity index (χ0) is 14.8. The summed E-state index contributed by atoms with van der Waals surface area (Å²) in [6.45, 7) is 0. The molecule has 1 heterocycles. The molecule has 0 saturated heterocycles. The van der Waals surface area contributed by atoms with Gasteiger partial charge in [0.2, 0.25) is 0 Å². The van der Waals surface area contributed by atoms with Crippen molar-refractivity contribution in [3.05, 3.63) is 52.3 Å². The molecular weight excluding hydrogens is 348 g/mol. The molecule has 3 aromatic rings. The minimum Gasteiger partial charge on any atom is -0.496 e. The van der Waals surface area contributed by atoms with E-state index < -0.39 is 0 Å². The van der Waals surface area contributed by atoms with Crippen molar-refractivity contribution in [3.8, 4) is 27.6 Å². The Labute approximate surface area is 135 Å². The number of halogens is 1. The fraction of sp³-hybridized carbons (Fsp3) is 0.0625. The predicted molar refractivity (Wildman–Crippen MR) is 91.7 cm³/mol. The number of aromatic nitrogens is 1. The molecule has 0 aliphatic heterocycles. The molecule has 3 rings (SSSR count). The zero-order valence-corrected chi connectivity index (χ0v) is 13.7. The van der Waals surface area contributed by atoms with Crippen molar-refractivity contribution in [3.63, 3.8) is 0 Å². The van der Waals surface area contributed by atoms with Gasteiger partial charge in [-0.25, -0.2) is 4.98 Å². The number of benzene rings is 2. The summed E-state index contributed by atoms with van der Waals surface area (Å²) in [5, 5.41) is 2.98. The van der Waals surface area contributed by atoms with Crippen LogP contribution >= 0.6 is 27.3 Å². The summed E-state index contributed by atoms with van der Waals surface area (Å²) >= 11 is 5.10. The Morgan fingerprint density at radius 2 is 2.00 bits per heavy atom. The number of anilines is 1. The van der Waals surface area contributed by atoms with Gasteiger partial charge < -0.3 is 10.5 Å². The molecule has 0 aliphatic carbocycles. The number of para-hydroxylation sites is 1. The highest BCUT2D eigenvalue weighted by atomic mass is 79.9. The first-order chi connectivity index (χ1) is 10.2. The second-order valence-electron chi connectivity index (χ2n) is 4.47. The van der Waals surface area contributed by atoms with Crippen molar-refractivity contribution in [2.75, 3.05) is 12.8 Å². The number of nitrogen functional groups attached to an aromatic ring is 1. The zero-order valence-electron chi connectivity index (χ0n) is 11.3. The van der Waals surface area contributed by atoms with Crippen LogP contribution in [0.15, 0.2) is 52.3 Å². The summed E-state index contributed by atoms with van der Waals surface area (Å²) in [6.07, 6.45) is 0. The van der Waals surface area contributed by atoms with E-state index in [1.165, 1.54) is 0 Å². The molecule has 1 aromatic heterocycles. The lowest BCUT2D eigenvalue weighted by molar-refractivity contribution is 0.412. The summed E-state index contributed by atoms with van der Waals surface area (Å²) in [5.41, 5.74) is 9.66. The number of methoxy groups -OCH3 is 1. The third kappa shape index (κ3) is 2.80. The first-order valence-electron chi connectivity index (χ1n) is 6.33. The summed E-state index contributed by atoms with van der Waals surface area (Å²) in [7, 11) is 1.65. The lowest BCUT2D eigenvalue weighted by Gasteiger charge is -2.04. The van der Waals surface area contributed by atoms with Gasteiger partial charge >= 0.3 is 0 Å². The van der Waals surface area contributed by atoms with Gasteiger partial charge in [-0.3, -0.25) is 0 Å². The van der Waals surface area contributed by atoms with Crippen LogP contribution in [0.4, 0.5) is 5.69 Å². The van der Waals surface area contributed by atoms with Gasteiger partial charge in [0.15, 0.2) is 0 Å². The molecule has 0 radical (unpaired) electrons. The third-order valence-electron chi connectivity index (χ3n) is 3.14. The number of hydrogen-bond donors (Lipinski definition) is 1. The monoisotopic (exact) mass is 360 g/mol. The highest BCUT2D eigenvalue weighted by molar-refractivity contribution is 9.10. The van der Waals surface area contributed by atoms with Crippen LogP contribution in [-0.4, -0.2) is 12.1 Å². The van der Waals surface area contributed by atoms with Crippen LogP contribution in [-0.2, 0) is 0 Å². The fourth-order valence-corrected chi connectivity index (χ4v) is 3.42. The standard InChI is InChI=1S/C16H13BrN2OS/c1-20-15-7-6-10(8-12(15)17)16-19-14(9-21-16)11-4-2-3-5-13(11)18/h2-9H,18H2,1H3. The van der Waals surface area contributed by atoms with Crippen molar-refractivity contribution >= 4 is 33.0 Å². The van der Waals surface area contributed by atoms with Crippen molar-refractivity contribution in [2.24, 2.45) is 0 Å². The van der Waals surface area contributed by atoms with E-state index in [1.54, 1.807) is 18.4 Å². The smallest absolute Gasteiger partial charge is 0.133 e. The normalized spacial score (nSPS) is 10.6. The Morgan fingerprint density at radius 1 is 1.19 bits per heavy atom. The van der Waals surface area contributed by atoms with Crippen molar-refractivity contribution in [1.29, 1.82) is 0 Å². The number of thiazole rings is 1. The van der Waals surface area contributed by atoms with E-state index in [9.17, 15) is 0 Å². The van der Waals surface area contributed by atoms with E-state index in [0.29, 0.717) is 0 Å². The van der Waals surface area contributed by atoms with E-state index in [2.05, 4.69) is 20.9 Å². The van der Waals surface area contributed by atoms with Crippen LogP contribution in [0.5, 0.6) is 5.75 Å². The van der Waals surface area contributed by atoms with Crippen LogP contribution < -0.4 is 10.5 Å². The average molecular weight is 361 g/mol. The minimum atomic E-state index is 0.741. The molecule has 0 spiro atoms. The number of hydrogen-bond acceptors (Lipinski definition) is 4. The van der Waals surface area contributed by atoms with Gasteiger partial charge in [-0.15, -0.1) is 11.3 Å². The quantitative estimate of drug-likeness (QED) is 0.680. The molecule has 0 atom stereocenters. The molecule has 0 aliphatic rings. The highest BCUT2D eigenvalue weighted by Gasteiger charge is 2.10. The highest BCUT2D eigenvalue weighted by Crippen LogP contribution is 2.34.